The van der Waals surface area contributed by atoms with Gasteiger partial charge in [-0.3, -0.25) is 9.29 Å². The second-order valence-electron chi connectivity index (χ2n) is 5.18. The molecular weight excluding hydrogens is 262 g/mol. The van der Waals surface area contributed by atoms with Crippen molar-refractivity contribution in [3.05, 3.63) is 18.5 Å². The van der Waals surface area contributed by atoms with Crippen LogP contribution >= 0.6 is 0 Å². The molecule has 1 aliphatic carbocycles. The van der Waals surface area contributed by atoms with E-state index >= 15 is 0 Å². The van der Waals surface area contributed by atoms with Crippen molar-refractivity contribution in [3.8, 4) is 0 Å². The van der Waals surface area contributed by atoms with Gasteiger partial charge >= 0.3 is 0 Å². The largest absolute Gasteiger partial charge is 0.396 e. The van der Waals surface area contributed by atoms with Crippen molar-refractivity contribution in [1.29, 1.82) is 0 Å². The molecule has 0 atom stereocenters. The van der Waals surface area contributed by atoms with Gasteiger partial charge in [-0.1, -0.05) is 19.3 Å². The monoisotopic (exact) mass is 283 g/mol. The lowest BCUT2D eigenvalue weighted by molar-refractivity contribution is 0.385. The number of hydrogen-bond donors (Lipinski definition) is 1. The first kappa shape index (κ1) is 14.1. The molecule has 106 valence electrons. The Kier molecular flexibility index (Phi) is 4.29. The highest BCUT2D eigenvalue weighted by Crippen LogP contribution is 2.28. The number of anilines is 2. The normalized spacial score (nSPS) is 17.3. The molecule has 1 aliphatic rings. The average molecular weight is 283 g/mol. The molecule has 19 heavy (non-hydrogen) atoms. The van der Waals surface area contributed by atoms with Crippen LogP contribution in [-0.4, -0.2) is 26.2 Å². The molecule has 1 saturated carbocycles. The van der Waals surface area contributed by atoms with Crippen molar-refractivity contribution in [3.63, 3.8) is 0 Å². The molecule has 0 unspecified atom stereocenters. The van der Waals surface area contributed by atoms with E-state index in [4.69, 9.17) is 5.73 Å². The predicted molar refractivity (Wildman–Crippen MR) is 77.4 cm³/mol. The van der Waals surface area contributed by atoms with Gasteiger partial charge in [-0.2, -0.15) is 0 Å². The molecular formula is C13H21N3O2S. The fourth-order valence-electron chi connectivity index (χ4n) is 2.60. The lowest BCUT2D eigenvalue weighted by Crippen LogP contribution is -2.33. The summed E-state index contributed by atoms with van der Waals surface area (Å²) in [6.45, 7) is 0. The summed E-state index contributed by atoms with van der Waals surface area (Å²) in [4.78, 5) is 3.88. The van der Waals surface area contributed by atoms with Crippen molar-refractivity contribution in [2.45, 2.75) is 32.1 Å². The fraction of sp³-hybridized carbons (Fsp3) is 0.615. The van der Waals surface area contributed by atoms with Crippen LogP contribution in [0.4, 0.5) is 11.4 Å². The van der Waals surface area contributed by atoms with Gasteiger partial charge in [0, 0.05) is 13.2 Å². The first-order chi connectivity index (χ1) is 9.00. The molecule has 0 amide bonds. The maximum Gasteiger partial charge on any atom is 0.235 e. The summed E-state index contributed by atoms with van der Waals surface area (Å²) in [5.41, 5.74) is 6.67. The fourth-order valence-corrected chi connectivity index (χ4v) is 4.22. The SMILES string of the molecule is CN(c1ccncc1N)S(=O)(=O)CC1CCCCC1. The van der Waals surface area contributed by atoms with Crippen LogP contribution in [0.15, 0.2) is 18.5 Å². The predicted octanol–water partition coefficient (Wildman–Crippen LogP) is 2.01. The molecule has 0 aromatic carbocycles. The first-order valence-electron chi connectivity index (χ1n) is 6.67. The number of nitrogens with zero attached hydrogens (tertiary/aromatic N) is 2. The van der Waals surface area contributed by atoms with Crippen LogP contribution in [-0.2, 0) is 10.0 Å². The van der Waals surface area contributed by atoms with Crippen molar-refractivity contribution < 1.29 is 8.42 Å². The third kappa shape index (κ3) is 3.37. The molecule has 1 aromatic heterocycles. The average Bonchev–Trinajstić information content (AvgIpc) is 2.39. The molecule has 1 heterocycles. The highest BCUT2D eigenvalue weighted by Gasteiger charge is 2.26. The van der Waals surface area contributed by atoms with Gasteiger partial charge in [-0.25, -0.2) is 8.42 Å². The van der Waals surface area contributed by atoms with E-state index in [0.29, 0.717) is 11.4 Å². The van der Waals surface area contributed by atoms with Crippen LogP contribution < -0.4 is 10.0 Å². The lowest BCUT2D eigenvalue weighted by atomic mass is 9.91. The van der Waals surface area contributed by atoms with Crippen molar-refractivity contribution >= 4 is 21.4 Å². The summed E-state index contributed by atoms with van der Waals surface area (Å²) in [5.74, 6) is 0.495. The Hall–Kier alpha value is -1.30. The van der Waals surface area contributed by atoms with Crippen LogP contribution in [0.5, 0.6) is 0 Å². The minimum atomic E-state index is -3.31. The summed E-state index contributed by atoms with van der Waals surface area (Å²) in [5, 5.41) is 0. The van der Waals surface area contributed by atoms with Crippen molar-refractivity contribution in [1.82, 2.24) is 4.98 Å². The second-order valence-corrected chi connectivity index (χ2v) is 7.23. The molecule has 0 aliphatic heterocycles. The third-order valence-electron chi connectivity index (χ3n) is 3.76. The van der Waals surface area contributed by atoms with E-state index in [1.54, 1.807) is 19.3 Å². The van der Waals surface area contributed by atoms with Gasteiger partial charge in [0.15, 0.2) is 0 Å². The summed E-state index contributed by atoms with van der Waals surface area (Å²) in [7, 11) is -1.75. The van der Waals surface area contributed by atoms with Gasteiger partial charge in [0.05, 0.1) is 23.3 Å². The topological polar surface area (TPSA) is 76.3 Å². The molecule has 0 radical (unpaired) electrons. The highest BCUT2D eigenvalue weighted by molar-refractivity contribution is 7.92. The molecule has 0 bridgehead atoms. The quantitative estimate of drug-likeness (QED) is 0.917. The minimum absolute atomic E-state index is 0.214. The molecule has 0 spiro atoms. The molecule has 2 rings (SSSR count). The highest BCUT2D eigenvalue weighted by atomic mass is 32.2. The van der Waals surface area contributed by atoms with E-state index in [2.05, 4.69) is 4.98 Å². The van der Waals surface area contributed by atoms with Crippen molar-refractivity contribution in [2.24, 2.45) is 5.92 Å². The number of sulfonamides is 1. The zero-order valence-corrected chi connectivity index (χ0v) is 12.1. The van der Waals surface area contributed by atoms with Gasteiger partial charge in [0.1, 0.15) is 0 Å². The number of aromatic nitrogens is 1. The van der Waals surface area contributed by atoms with Crippen LogP contribution in [0.3, 0.4) is 0 Å². The Morgan fingerprint density at radius 1 is 1.37 bits per heavy atom. The summed E-state index contributed by atoms with van der Waals surface area (Å²) < 4.78 is 26.1. The zero-order valence-electron chi connectivity index (χ0n) is 11.2. The Morgan fingerprint density at radius 2 is 2.05 bits per heavy atom. The van der Waals surface area contributed by atoms with E-state index in [9.17, 15) is 8.42 Å². The lowest BCUT2D eigenvalue weighted by Gasteiger charge is -2.26. The van der Waals surface area contributed by atoms with Gasteiger partial charge in [-0.15, -0.1) is 0 Å². The van der Waals surface area contributed by atoms with Gasteiger partial charge in [0.2, 0.25) is 10.0 Å². The maximum atomic E-state index is 12.4. The molecule has 2 N–H and O–H groups in total. The molecule has 5 nitrogen and oxygen atoms in total. The van der Waals surface area contributed by atoms with Crippen LogP contribution in [0.2, 0.25) is 0 Å². The smallest absolute Gasteiger partial charge is 0.235 e. The van der Waals surface area contributed by atoms with E-state index in [-0.39, 0.29) is 11.7 Å². The Bertz CT molecular complexity index is 524. The molecule has 1 fully saturated rings. The van der Waals surface area contributed by atoms with E-state index in [1.165, 1.54) is 16.9 Å². The Morgan fingerprint density at radius 3 is 2.68 bits per heavy atom. The minimum Gasteiger partial charge on any atom is -0.396 e. The van der Waals surface area contributed by atoms with E-state index in [1.807, 2.05) is 0 Å². The van der Waals surface area contributed by atoms with Crippen LogP contribution in [0.25, 0.3) is 0 Å². The number of rotatable bonds is 4. The summed E-state index contributed by atoms with van der Waals surface area (Å²) in [6, 6.07) is 1.63. The standard InChI is InChI=1S/C13H21N3O2S/c1-16(13-7-8-15-9-12(13)14)19(17,18)10-11-5-3-2-4-6-11/h7-9,11H,2-6,10,14H2,1H3. The maximum absolute atomic E-state index is 12.4. The molecule has 0 saturated heterocycles. The van der Waals surface area contributed by atoms with E-state index in [0.717, 1.165) is 25.7 Å². The number of pyridine rings is 1. The summed E-state index contributed by atoms with van der Waals surface area (Å²) >= 11 is 0. The van der Waals surface area contributed by atoms with Gasteiger partial charge in [0.25, 0.3) is 0 Å². The van der Waals surface area contributed by atoms with Crippen molar-refractivity contribution in [2.75, 3.05) is 22.8 Å². The van der Waals surface area contributed by atoms with E-state index < -0.39 is 10.0 Å². The van der Waals surface area contributed by atoms with Gasteiger partial charge in [-0.05, 0) is 24.8 Å². The number of nitrogens with two attached hydrogens (primary N) is 1. The molecule has 6 heteroatoms. The van der Waals surface area contributed by atoms with Crippen LogP contribution in [0.1, 0.15) is 32.1 Å². The summed E-state index contributed by atoms with van der Waals surface area (Å²) in [6.07, 6.45) is 8.56. The van der Waals surface area contributed by atoms with Gasteiger partial charge < -0.3 is 5.73 Å². The first-order valence-corrected chi connectivity index (χ1v) is 8.28. The third-order valence-corrected chi connectivity index (χ3v) is 5.68. The Balaban J connectivity index is 2.12. The van der Waals surface area contributed by atoms with Crippen LogP contribution in [0, 0.1) is 5.92 Å². The zero-order chi connectivity index (χ0) is 13.9. The number of nitrogen functional groups attached to an aromatic ring is 1. The Labute approximate surface area is 114 Å². The second kappa shape index (κ2) is 5.77. The number of hydrogen-bond acceptors (Lipinski definition) is 4. The molecule has 1 aromatic rings.